The molecule has 0 saturated carbocycles. The van der Waals surface area contributed by atoms with E-state index in [1.807, 2.05) is 12.1 Å². The zero-order valence-corrected chi connectivity index (χ0v) is 17.9. The lowest BCUT2D eigenvalue weighted by Gasteiger charge is -2.20. The molecular formula is C21H20ClF3N4O4. The maximum absolute atomic E-state index is 10.6. The maximum Gasteiger partial charge on any atom is 0.490 e. The fraction of sp³-hybridized carbons (Fsp3) is 0.333. The van der Waals surface area contributed by atoms with Crippen LogP contribution in [0.5, 0.6) is 11.6 Å². The second-order valence-corrected chi connectivity index (χ2v) is 7.58. The summed E-state index contributed by atoms with van der Waals surface area (Å²) in [5.74, 6) is 0.0484. The molecule has 1 saturated heterocycles. The Morgan fingerprint density at radius 3 is 2.58 bits per heavy atom. The van der Waals surface area contributed by atoms with Gasteiger partial charge in [-0.1, -0.05) is 22.8 Å². The first-order valence-electron chi connectivity index (χ1n) is 9.95. The zero-order valence-electron chi connectivity index (χ0n) is 17.2. The molecule has 0 radical (unpaired) electrons. The van der Waals surface area contributed by atoms with Gasteiger partial charge in [0.05, 0.1) is 0 Å². The zero-order chi connectivity index (χ0) is 23.8. The number of aromatic nitrogens is 3. The van der Waals surface area contributed by atoms with E-state index in [1.54, 1.807) is 30.3 Å². The third kappa shape index (κ3) is 7.72. The molecule has 2 N–H and O–H groups in total. The highest BCUT2D eigenvalue weighted by atomic mass is 35.5. The fourth-order valence-corrected chi connectivity index (χ4v) is 3.13. The minimum Gasteiger partial charge on any atom is -0.475 e. The number of ether oxygens (including phenoxy) is 1. The van der Waals surface area contributed by atoms with Gasteiger partial charge in [-0.25, -0.2) is 9.78 Å². The van der Waals surface area contributed by atoms with E-state index in [-0.39, 0.29) is 0 Å². The van der Waals surface area contributed by atoms with Gasteiger partial charge in [0.25, 0.3) is 0 Å². The summed E-state index contributed by atoms with van der Waals surface area (Å²) >= 11 is 5.89. The highest BCUT2D eigenvalue weighted by molar-refractivity contribution is 6.30. The Kier molecular flexibility index (Phi) is 8.23. The number of alkyl halides is 3. The summed E-state index contributed by atoms with van der Waals surface area (Å²) in [5.41, 5.74) is 0.619. The largest absolute Gasteiger partial charge is 0.490 e. The summed E-state index contributed by atoms with van der Waals surface area (Å²) in [7, 11) is 0. The predicted octanol–water partition coefficient (Wildman–Crippen LogP) is 4.75. The van der Waals surface area contributed by atoms with Crippen molar-refractivity contribution in [3.05, 3.63) is 53.4 Å². The number of hydrogen-bond donors (Lipinski definition) is 2. The topological polar surface area (TPSA) is 110 Å². The van der Waals surface area contributed by atoms with Gasteiger partial charge in [0, 0.05) is 17.5 Å². The van der Waals surface area contributed by atoms with Crippen LogP contribution in [0.25, 0.3) is 11.5 Å². The van der Waals surface area contributed by atoms with Crippen molar-refractivity contribution in [2.24, 2.45) is 5.92 Å². The molecule has 33 heavy (non-hydrogen) atoms. The number of carboxylic acids is 1. The van der Waals surface area contributed by atoms with Crippen molar-refractivity contribution in [2.45, 2.75) is 25.4 Å². The summed E-state index contributed by atoms with van der Waals surface area (Å²) in [6, 6.07) is 12.6. The molecule has 1 fully saturated rings. The molecule has 2 aromatic heterocycles. The van der Waals surface area contributed by atoms with Crippen molar-refractivity contribution in [3.8, 4) is 23.1 Å². The molecule has 0 aliphatic carbocycles. The van der Waals surface area contributed by atoms with Crippen LogP contribution < -0.4 is 10.1 Å². The van der Waals surface area contributed by atoms with Gasteiger partial charge < -0.3 is 19.7 Å². The molecule has 3 aromatic rings. The highest BCUT2D eigenvalue weighted by Gasteiger charge is 2.38. The van der Waals surface area contributed by atoms with Gasteiger partial charge in [0.15, 0.2) is 0 Å². The molecule has 0 amide bonds. The molecule has 1 aromatic carbocycles. The molecule has 8 nitrogen and oxygen atoms in total. The Hall–Kier alpha value is -3.18. The van der Waals surface area contributed by atoms with E-state index in [2.05, 4.69) is 20.4 Å². The SMILES string of the molecule is Clc1ccc(Oc2cccc(-c3noc(CC4CCCNC4)n3)n2)cc1.O=C(O)C(F)(F)F. The van der Waals surface area contributed by atoms with Crippen molar-refractivity contribution >= 4 is 17.6 Å². The van der Waals surface area contributed by atoms with Crippen LogP contribution in [-0.2, 0) is 11.2 Å². The average molecular weight is 485 g/mol. The lowest BCUT2D eigenvalue weighted by molar-refractivity contribution is -0.192. The first-order chi connectivity index (χ1) is 15.7. The molecule has 0 bridgehead atoms. The van der Waals surface area contributed by atoms with Gasteiger partial charge in [-0.3, -0.25) is 0 Å². The van der Waals surface area contributed by atoms with E-state index in [9.17, 15) is 13.2 Å². The van der Waals surface area contributed by atoms with Gasteiger partial charge >= 0.3 is 12.1 Å². The molecule has 4 rings (SSSR count). The number of nitrogens with zero attached hydrogens (tertiary/aromatic N) is 3. The standard InChI is InChI=1S/C19H19ClN4O2.C2HF3O2/c20-14-6-8-15(9-7-14)25-17-5-1-4-16(22-17)19-23-18(26-24-19)11-13-3-2-10-21-12-13;3-2(4,5)1(6)7/h1,4-9,13,21H,2-3,10-12H2;(H,6,7). The molecule has 1 aliphatic heterocycles. The van der Waals surface area contributed by atoms with E-state index in [1.165, 1.54) is 12.8 Å². The molecule has 1 unspecified atom stereocenters. The molecular weight excluding hydrogens is 465 g/mol. The number of carboxylic acid groups (broad SMARTS) is 1. The number of piperidine rings is 1. The predicted molar refractivity (Wildman–Crippen MR) is 112 cm³/mol. The van der Waals surface area contributed by atoms with Crippen LogP contribution in [0.15, 0.2) is 47.0 Å². The Balaban J connectivity index is 0.000000383. The van der Waals surface area contributed by atoms with Crippen LogP contribution in [0, 0.1) is 5.92 Å². The van der Waals surface area contributed by atoms with E-state index in [0.29, 0.717) is 40.0 Å². The van der Waals surface area contributed by atoms with Crippen LogP contribution in [0.2, 0.25) is 5.02 Å². The number of rotatable bonds is 5. The van der Waals surface area contributed by atoms with Crippen LogP contribution in [0.3, 0.4) is 0 Å². The smallest absolute Gasteiger partial charge is 0.475 e. The third-order valence-electron chi connectivity index (χ3n) is 4.56. The summed E-state index contributed by atoms with van der Waals surface area (Å²) < 4.78 is 42.9. The normalized spacial score (nSPS) is 15.9. The highest BCUT2D eigenvalue weighted by Crippen LogP contribution is 2.24. The Labute approximate surface area is 191 Å². The molecule has 0 spiro atoms. The van der Waals surface area contributed by atoms with Crippen molar-refractivity contribution < 1.29 is 32.3 Å². The van der Waals surface area contributed by atoms with Gasteiger partial charge in [-0.2, -0.15) is 18.2 Å². The first kappa shape index (κ1) is 24.5. The Bertz CT molecular complexity index is 1050. The second-order valence-electron chi connectivity index (χ2n) is 7.15. The maximum atomic E-state index is 10.6. The minimum atomic E-state index is -5.08. The average Bonchev–Trinajstić information content (AvgIpc) is 3.25. The summed E-state index contributed by atoms with van der Waals surface area (Å²) in [5, 5.41) is 15.3. The minimum absolute atomic E-state index is 0.465. The number of hydrogen-bond acceptors (Lipinski definition) is 7. The lowest BCUT2D eigenvalue weighted by Crippen LogP contribution is -2.30. The number of pyridine rings is 1. The number of aliphatic carboxylic acids is 1. The van der Waals surface area contributed by atoms with Crippen molar-refractivity contribution in [1.29, 1.82) is 0 Å². The summed E-state index contributed by atoms with van der Waals surface area (Å²) in [4.78, 5) is 17.9. The van der Waals surface area contributed by atoms with E-state index in [0.717, 1.165) is 19.5 Å². The molecule has 3 heterocycles. The van der Waals surface area contributed by atoms with Crippen molar-refractivity contribution in [3.63, 3.8) is 0 Å². The lowest BCUT2D eigenvalue weighted by atomic mass is 9.96. The number of halogens is 4. The molecule has 1 aliphatic rings. The fourth-order valence-electron chi connectivity index (χ4n) is 3.01. The molecule has 12 heteroatoms. The summed E-state index contributed by atoms with van der Waals surface area (Å²) in [6.45, 7) is 2.09. The third-order valence-corrected chi connectivity index (χ3v) is 4.81. The van der Waals surface area contributed by atoms with Crippen LogP contribution in [0.4, 0.5) is 13.2 Å². The quantitative estimate of drug-likeness (QED) is 0.533. The monoisotopic (exact) mass is 484 g/mol. The second kappa shape index (κ2) is 11.1. The number of benzene rings is 1. The first-order valence-corrected chi connectivity index (χ1v) is 10.3. The van der Waals surface area contributed by atoms with E-state index < -0.39 is 12.1 Å². The Morgan fingerprint density at radius 2 is 1.94 bits per heavy atom. The summed E-state index contributed by atoms with van der Waals surface area (Å²) in [6.07, 6.45) is -1.91. The number of nitrogens with one attached hydrogen (secondary N) is 1. The molecule has 176 valence electrons. The van der Waals surface area contributed by atoms with Gasteiger partial charge in [-0.05, 0) is 62.2 Å². The molecule has 1 atom stereocenters. The van der Waals surface area contributed by atoms with Gasteiger partial charge in [0.1, 0.15) is 11.4 Å². The van der Waals surface area contributed by atoms with E-state index >= 15 is 0 Å². The number of carbonyl (C=O) groups is 1. The Morgan fingerprint density at radius 1 is 1.21 bits per heavy atom. The van der Waals surface area contributed by atoms with Crippen molar-refractivity contribution in [1.82, 2.24) is 20.4 Å². The van der Waals surface area contributed by atoms with E-state index in [4.69, 9.17) is 30.8 Å². The van der Waals surface area contributed by atoms with Crippen LogP contribution in [0.1, 0.15) is 18.7 Å². The van der Waals surface area contributed by atoms with Crippen LogP contribution >= 0.6 is 11.6 Å². The van der Waals surface area contributed by atoms with Gasteiger partial charge in [-0.15, -0.1) is 0 Å². The van der Waals surface area contributed by atoms with Crippen molar-refractivity contribution in [2.75, 3.05) is 13.1 Å². The van der Waals surface area contributed by atoms with Crippen LogP contribution in [-0.4, -0.2) is 45.5 Å². The van der Waals surface area contributed by atoms with Gasteiger partial charge in [0.2, 0.25) is 17.6 Å².